The Morgan fingerprint density at radius 1 is 1.62 bits per heavy atom. The molecule has 1 rings (SSSR count). The van der Waals surface area contributed by atoms with E-state index >= 15 is 0 Å². The summed E-state index contributed by atoms with van der Waals surface area (Å²) in [7, 11) is 0. The number of isothiocyanates is 1. The van der Waals surface area contributed by atoms with E-state index in [1.54, 1.807) is 0 Å². The fourth-order valence-electron chi connectivity index (χ4n) is 0.735. The molecule has 1 aromatic carbocycles. The predicted octanol–water partition coefficient (Wildman–Crippen LogP) is 2.72. The summed E-state index contributed by atoms with van der Waals surface area (Å²) < 4.78 is 12.6. The maximum Gasteiger partial charge on any atom is 0.285 e. The van der Waals surface area contributed by atoms with Crippen molar-refractivity contribution < 1.29 is 9.18 Å². The highest BCUT2D eigenvalue weighted by Crippen LogP contribution is 2.16. The monoisotopic (exact) mass is 215 g/mol. The number of halogens is 2. The van der Waals surface area contributed by atoms with E-state index < -0.39 is 11.7 Å². The second-order valence-corrected chi connectivity index (χ2v) is 2.73. The van der Waals surface area contributed by atoms with Crippen LogP contribution in [0.25, 0.3) is 0 Å². The number of nitrogens with zero attached hydrogens (tertiary/aromatic N) is 1. The SMILES string of the molecule is O=C(N=C=S)c1ccc(F)c(Cl)c1. The minimum atomic E-state index is -0.586. The van der Waals surface area contributed by atoms with Crippen LogP contribution < -0.4 is 0 Å². The summed E-state index contributed by atoms with van der Waals surface area (Å²) in [5, 5.41) is 1.80. The van der Waals surface area contributed by atoms with Crippen LogP contribution in [0, 0.1) is 5.82 Å². The minimum absolute atomic E-state index is 0.120. The summed E-state index contributed by atoms with van der Waals surface area (Å²) in [5.41, 5.74) is 0.184. The Kier molecular flexibility index (Phi) is 3.25. The van der Waals surface area contributed by atoms with Crippen molar-refractivity contribution in [3.8, 4) is 0 Å². The highest BCUT2D eigenvalue weighted by Gasteiger charge is 2.06. The molecule has 0 unspecified atom stereocenters. The van der Waals surface area contributed by atoms with Crippen LogP contribution in [-0.4, -0.2) is 11.1 Å². The van der Waals surface area contributed by atoms with Crippen molar-refractivity contribution in [3.63, 3.8) is 0 Å². The molecule has 13 heavy (non-hydrogen) atoms. The molecule has 0 heterocycles. The summed E-state index contributed by atoms with van der Waals surface area (Å²) in [6, 6.07) is 3.56. The van der Waals surface area contributed by atoms with Gasteiger partial charge in [0.05, 0.1) is 10.2 Å². The zero-order valence-electron chi connectivity index (χ0n) is 6.25. The first-order valence-corrected chi connectivity index (χ1v) is 4.01. The molecule has 0 N–H and O–H groups in total. The van der Waals surface area contributed by atoms with Crippen LogP contribution in [0.4, 0.5) is 4.39 Å². The van der Waals surface area contributed by atoms with Crippen LogP contribution in [0.2, 0.25) is 5.02 Å². The van der Waals surface area contributed by atoms with E-state index in [0.29, 0.717) is 0 Å². The van der Waals surface area contributed by atoms with Gasteiger partial charge in [0.15, 0.2) is 0 Å². The molecule has 0 bridgehead atoms. The number of carbonyl (C=O) groups is 1. The summed E-state index contributed by atoms with van der Waals surface area (Å²) >= 11 is 9.69. The van der Waals surface area contributed by atoms with E-state index in [1.807, 2.05) is 5.16 Å². The average molecular weight is 216 g/mol. The zero-order valence-corrected chi connectivity index (χ0v) is 7.82. The van der Waals surface area contributed by atoms with E-state index in [2.05, 4.69) is 17.2 Å². The lowest BCUT2D eigenvalue weighted by molar-refractivity contribution is 0.100. The molecule has 0 aromatic heterocycles. The maximum atomic E-state index is 12.6. The van der Waals surface area contributed by atoms with Gasteiger partial charge in [0.2, 0.25) is 0 Å². The first-order chi connectivity index (χ1) is 6.15. The minimum Gasteiger partial charge on any atom is -0.266 e. The Morgan fingerprint density at radius 2 is 2.31 bits per heavy atom. The highest BCUT2D eigenvalue weighted by molar-refractivity contribution is 7.78. The quantitative estimate of drug-likeness (QED) is 0.533. The largest absolute Gasteiger partial charge is 0.285 e. The molecule has 0 aliphatic rings. The lowest BCUT2D eigenvalue weighted by Gasteiger charge is -1.95. The molecule has 0 spiro atoms. The van der Waals surface area contributed by atoms with Crippen LogP contribution in [-0.2, 0) is 0 Å². The molecule has 0 aliphatic carbocycles. The van der Waals surface area contributed by atoms with Crippen molar-refractivity contribution in [3.05, 3.63) is 34.6 Å². The van der Waals surface area contributed by atoms with Gasteiger partial charge in [0.1, 0.15) is 5.82 Å². The number of hydrogen-bond acceptors (Lipinski definition) is 2. The molecule has 1 amide bonds. The summed E-state index contributed by atoms with van der Waals surface area (Å²) in [6.07, 6.45) is 0. The Hall–Kier alpha value is -1.09. The van der Waals surface area contributed by atoms with Gasteiger partial charge in [0.25, 0.3) is 5.91 Å². The van der Waals surface area contributed by atoms with Gasteiger partial charge in [-0.05, 0) is 30.4 Å². The molecule has 0 fully saturated rings. The van der Waals surface area contributed by atoms with Crippen LogP contribution in [0.15, 0.2) is 23.2 Å². The van der Waals surface area contributed by atoms with Crippen molar-refractivity contribution in [2.75, 3.05) is 0 Å². The lowest BCUT2D eigenvalue weighted by atomic mass is 10.2. The molecule has 0 saturated heterocycles. The molecular formula is C8H3ClFNOS. The van der Waals surface area contributed by atoms with E-state index in [1.165, 1.54) is 12.1 Å². The van der Waals surface area contributed by atoms with Gasteiger partial charge in [-0.3, -0.25) is 4.79 Å². The molecular weight excluding hydrogens is 213 g/mol. The van der Waals surface area contributed by atoms with Crippen LogP contribution >= 0.6 is 23.8 Å². The van der Waals surface area contributed by atoms with E-state index in [0.717, 1.165) is 6.07 Å². The number of hydrogen-bond donors (Lipinski definition) is 0. The van der Waals surface area contributed by atoms with Crippen LogP contribution in [0.3, 0.4) is 0 Å². The number of amides is 1. The second-order valence-electron chi connectivity index (χ2n) is 2.14. The van der Waals surface area contributed by atoms with Crippen LogP contribution in [0.5, 0.6) is 0 Å². The van der Waals surface area contributed by atoms with Crippen molar-refractivity contribution in [2.24, 2.45) is 4.99 Å². The summed E-state index contributed by atoms with van der Waals surface area (Å²) in [5.74, 6) is -1.17. The molecule has 0 aliphatic heterocycles. The van der Waals surface area contributed by atoms with Gasteiger partial charge in [-0.2, -0.15) is 4.99 Å². The topological polar surface area (TPSA) is 29.4 Å². The van der Waals surface area contributed by atoms with Crippen molar-refractivity contribution >= 4 is 34.9 Å². The predicted molar refractivity (Wildman–Crippen MR) is 50.8 cm³/mol. The van der Waals surface area contributed by atoms with Gasteiger partial charge in [-0.25, -0.2) is 4.39 Å². The zero-order chi connectivity index (χ0) is 9.84. The molecule has 5 heteroatoms. The maximum absolute atomic E-state index is 12.6. The third-order valence-corrected chi connectivity index (χ3v) is 1.69. The highest BCUT2D eigenvalue weighted by atomic mass is 35.5. The van der Waals surface area contributed by atoms with Crippen molar-refractivity contribution in [1.29, 1.82) is 0 Å². The lowest BCUT2D eigenvalue weighted by Crippen LogP contribution is -1.94. The molecule has 66 valence electrons. The van der Waals surface area contributed by atoms with Crippen LogP contribution in [0.1, 0.15) is 10.4 Å². The first-order valence-electron chi connectivity index (χ1n) is 3.22. The number of carbonyl (C=O) groups excluding carboxylic acids is 1. The Bertz CT molecular complexity index is 401. The number of aliphatic imine (C=N–C) groups is 1. The van der Waals surface area contributed by atoms with E-state index in [4.69, 9.17) is 11.6 Å². The van der Waals surface area contributed by atoms with Gasteiger partial charge < -0.3 is 0 Å². The van der Waals surface area contributed by atoms with Gasteiger partial charge in [-0.15, -0.1) is 0 Å². The number of benzene rings is 1. The summed E-state index contributed by atoms with van der Waals surface area (Å²) in [4.78, 5) is 14.2. The second kappa shape index (κ2) is 4.23. The third-order valence-electron chi connectivity index (χ3n) is 1.31. The standard InChI is InChI=1S/C8H3ClFNOS/c9-6-3-5(1-2-7(6)10)8(12)11-4-13/h1-3H. The third kappa shape index (κ3) is 2.42. The molecule has 0 atom stereocenters. The van der Waals surface area contributed by atoms with E-state index in [-0.39, 0.29) is 10.6 Å². The number of thiocarbonyl (C=S) groups is 1. The fourth-order valence-corrected chi connectivity index (χ4v) is 0.999. The van der Waals surface area contributed by atoms with E-state index in [9.17, 15) is 9.18 Å². The van der Waals surface area contributed by atoms with Gasteiger partial charge >= 0.3 is 0 Å². The normalized spacial score (nSPS) is 9.08. The van der Waals surface area contributed by atoms with Crippen molar-refractivity contribution in [2.45, 2.75) is 0 Å². The molecule has 0 saturated carbocycles. The average Bonchev–Trinajstić information content (AvgIpc) is 2.10. The van der Waals surface area contributed by atoms with Gasteiger partial charge in [-0.1, -0.05) is 11.6 Å². The Balaban J connectivity index is 3.10. The molecule has 2 nitrogen and oxygen atoms in total. The van der Waals surface area contributed by atoms with Crippen molar-refractivity contribution in [1.82, 2.24) is 0 Å². The Morgan fingerprint density at radius 3 is 2.85 bits per heavy atom. The Labute approximate surface area is 84.0 Å². The number of rotatable bonds is 1. The smallest absolute Gasteiger partial charge is 0.266 e. The molecule has 0 radical (unpaired) electrons. The molecule has 1 aromatic rings. The first kappa shape index (κ1) is 9.99. The van der Waals surface area contributed by atoms with Gasteiger partial charge in [0, 0.05) is 5.56 Å². The summed E-state index contributed by atoms with van der Waals surface area (Å²) in [6.45, 7) is 0. The fraction of sp³-hybridized carbons (Fsp3) is 0.